The molecule has 0 unspecified atom stereocenters. The molecule has 0 aliphatic carbocycles. The Kier molecular flexibility index (Phi) is 6.13. The van der Waals surface area contributed by atoms with E-state index < -0.39 is 0 Å². The second-order valence-corrected chi connectivity index (χ2v) is 6.41. The topological polar surface area (TPSA) is 21.7 Å². The monoisotopic (exact) mass is 391 g/mol. The minimum absolute atomic E-state index is 0.867. The van der Waals surface area contributed by atoms with E-state index >= 15 is 0 Å². The third-order valence-corrected chi connectivity index (χ3v) is 4.36. The molecule has 0 aromatic heterocycles. The number of nitrogens with zero attached hydrogens (tertiary/aromatic N) is 1. The molecule has 0 amide bonds. The molecule has 0 bridgehead atoms. The molecular formula is C14H19Br2NO2. The number of rotatable bonds is 5. The van der Waals surface area contributed by atoms with Gasteiger partial charge >= 0.3 is 0 Å². The SMILES string of the molecule is COc1c(Br)cc(Br)cc1CCCN1CCOCC1. The van der Waals surface area contributed by atoms with E-state index in [0.717, 1.165) is 60.4 Å². The number of halogens is 2. The lowest BCUT2D eigenvalue weighted by molar-refractivity contribution is 0.0374. The first-order valence-corrected chi connectivity index (χ1v) is 8.11. The van der Waals surface area contributed by atoms with Gasteiger partial charge in [-0.3, -0.25) is 4.90 Å². The lowest BCUT2D eigenvalue weighted by Gasteiger charge is -2.26. The Bertz CT molecular complexity index is 420. The maximum atomic E-state index is 5.47. The van der Waals surface area contributed by atoms with Gasteiger partial charge in [0.25, 0.3) is 0 Å². The number of morpholine rings is 1. The van der Waals surface area contributed by atoms with Crippen LogP contribution in [0.25, 0.3) is 0 Å². The van der Waals surface area contributed by atoms with Gasteiger partial charge in [0.1, 0.15) is 5.75 Å². The Morgan fingerprint density at radius 2 is 2.00 bits per heavy atom. The highest BCUT2D eigenvalue weighted by Crippen LogP contribution is 2.33. The van der Waals surface area contributed by atoms with E-state index in [1.54, 1.807) is 7.11 Å². The number of hydrogen-bond acceptors (Lipinski definition) is 3. The highest BCUT2D eigenvalue weighted by atomic mass is 79.9. The first kappa shape index (κ1) is 15.3. The minimum atomic E-state index is 0.867. The molecule has 1 fully saturated rings. The average molecular weight is 393 g/mol. The molecule has 2 rings (SSSR count). The normalized spacial score (nSPS) is 16.6. The third-order valence-electron chi connectivity index (χ3n) is 3.31. The third kappa shape index (κ3) is 4.45. The second-order valence-electron chi connectivity index (χ2n) is 4.64. The van der Waals surface area contributed by atoms with Gasteiger partial charge in [-0.05, 0) is 53.0 Å². The van der Waals surface area contributed by atoms with Crippen molar-refractivity contribution in [1.82, 2.24) is 4.90 Å². The van der Waals surface area contributed by atoms with Crippen molar-refractivity contribution in [2.45, 2.75) is 12.8 Å². The maximum absolute atomic E-state index is 5.47. The zero-order chi connectivity index (χ0) is 13.7. The van der Waals surface area contributed by atoms with Crippen molar-refractivity contribution >= 4 is 31.9 Å². The van der Waals surface area contributed by atoms with Gasteiger partial charge in [-0.15, -0.1) is 0 Å². The summed E-state index contributed by atoms with van der Waals surface area (Å²) in [6, 6.07) is 4.16. The van der Waals surface area contributed by atoms with Crippen LogP contribution in [-0.2, 0) is 11.2 Å². The van der Waals surface area contributed by atoms with Crippen LogP contribution in [0.3, 0.4) is 0 Å². The van der Waals surface area contributed by atoms with Crippen LogP contribution in [0.1, 0.15) is 12.0 Å². The van der Waals surface area contributed by atoms with Crippen LogP contribution in [0.2, 0.25) is 0 Å². The molecule has 106 valence electrons. The van der Waals surface area contributed by atoms with E-state index in [4.69, 9.17) is 9.47 Å². The van der Waals surface area contributed by atoms with Crippen molar-refractivity contribution in [1.29, 1.82) is 0 Å². The van der Waals surface area contributed by atoms with Crippen molar-refractivity contribution in [3.05, 3.63) is 26.6 Å². The van der Waals surface area contributed by atoms with Crippen molar-refractivity contribution in [3.8, 4) is 5.75 Å². The molecule has 5 heteroatoms. The molecule has 19 heavy (non-hydrogen) atoms. The Balaban J connectivity index is 1.91. The van der Waals surface area contributed by atoms with E-state index in [0.29, 0.717) is 0 Å². The second kappa shape index (κ2) is 7.62. The van der Waals surface area contributed by atoms with E-state index in [-0.39, 0.29) is 0 Å². The predicted molar refractivity (Wildman–Crippen MR) is 84.0 cm³/mol. The zero-order valence-corrected chi connectivity index (χ0v) is 14.3. The van der Waals surface area contributed by atoms with Gasteiger partial charge in [0.15, 0.2) is 0 Å². The van der Waals surface area contributed by atoms with Gasteiger partial charge in [-0.25, -0.2) is 0 Å². The van der Waals surface area contributed by atoms with Crippen LogP contribution in [0, 0.1) is 0 Å². The van der Waals surface area contributed by atoms with Gasteiger partial charge in [0.05, 0.1) is 24.8 Å². The first-order chi connectivity index (χ1) is 9.20. The van der Waals surface area contributed by atoms with Crippen molar-refractivity contribution in [3.63, 3.8) is 0 Å². The van der Waals surface area contributed by atoms with Crippen LogP contribution in [0.5, 0.6) is 5.75 Å². The van der Waals surface area contributed by atoms with Gasteiger partial charge in [0.2, 0.25) is 0 Å². The summed E-state index contributed by atoms with van der Waals surface area (Å²) in [6.07, 6.45) is 2.16. The summed E-state index contributed by atoms with van der Waals surface area (Å²) in [5.74, 6) is 0.949. The molecule has 0 atom stereocenters. The zero-order valence-electron chi connectivity index (χ0n) is 11.1. The largest absolute Gasteiger partial charge is 0.495 e. The fraction of sp³-hybridized carbons (Fsp3) is 0.571. The summed E-state index contributed by atoms with van der Waals surface area (Å²) in [6.45, 7) is 4.97. The number of ether oxygens (including phenoxy) is 2. The first-order valence-electron chi connectivity index (χ1n) is 6.52. The van der Waals surface area contributed by atoms with E-state index in [1.165, 1.54) is 5.56 Å². The molecule has 0 N–H and O–H groups in total. The standard InChI is InChI=1S/C14H19Br2NO2/c1-18-14-11(9-12(15)10-13(14)16)3-2-4-17-5-7-19-8-6-17/h9-10H,2-8H2,1H3. The molecule has 1 saturated heterocycles. The highest BCUT2D eigenvalue weighted by Gasteiger charge is 2.12. The Morgan fingerprint density at radius 1 is 1.26 bits per heavy atom. The van der Waals surface area contributed by atoms with Crippen molar-refractivity contribution in [2.75, 3.05) is 40.0 Å². The molecule has 1 aliphatic rings. The lowest BCUT2D eigenvalue weighted by atomic mass is 10.1. The van der Waals surface area contributed by atoms with Crippen LogP contribution < -0.4 is 4.74 Å². The molecular weight excluding hydrogens is 374 g/mol. The van der Waals surface area contributed by atoms with Crippen LogP contribution >= 0.6 is 31.9 Å². The fourth-order valence-corrected chi connectivity index (χ4v) is 3.82. The number of methoxy groups -OCH3 is 1. The molecule has 1 aromatic rings. The molecule has 0 spiro atoms. The smallest absolute Gasteiger partial charge is 0.136 e. The minimum Gasteiger partial charge on any atom is -0.495 e. The molecule has 0 radical (unpaired) electrons. The maximum Gasteiger partial charge on any atom is 0.136 e. The van der Waals surface area contributed by atoms with E-state index in [9.17, 15) is 0 Å². The fourth-order valence-electron chi connectivity index (χ4n) is 2.35. The Morgan fingerprint density at radius 3 is 2.68 bits per heavy atom. The molecule has 3 nitrogen and oxygen atoms in total. The van der Waals surface area contributed by atoms with Gasteiger partial charge in [-0.1, -0.05) is 15.9 Å². The molecule has 1 aromatic carbocycles. The summed E-state index contributed by atoms with van der Waals surface area (Å²) in [4.78, 5) is 2.46. The quantitative estimate of drug-likeness (QED) is 0.765. The van der Waals surface area contributed by atoms with Crippen molar-refractivity contribution in [2.24, 2.45) is 0 Å². The Hall–Kier alpha value is -0.100. The van der Waals surface area contributed by atoms with Crippen LogP contribution in [0.15, 0.2) is 21.1 Å². The lowest BCUT2D eigenvalue weighted by Crippen LogP contribution is -2.36. The average Bonchev–Trinajstić information content (AvgIpc) is 2.39. The van der Waals surface area contributed by atoms with E-state index in [2.05, 4.69) is 42.8 Å². The molecule has 0 saturated carbocycles. The predicted octanol–water partition coefficient (Wildman–Crippen LogP) is 3.49. The highest BCUT2D eigenvalue weighted by molar-refractivity contribution is 9.11. The van der Waals surface area contributed by atoms with Crippen LogP contribution in [-0.4, -0.2) is 44.9 Å². The summed E-state index contributed by atoms with van der Waals surface area (Å²) in [5.41, 5.74) is 1.25. The van der Waals surface area contributed by atoms with Crippen LogP contribution in [0.4, 0.5) is 0 Å². The number of hydrogen-bond donors (Lipinski definition) is 0. The van der Waals surface area contributed by atoms with Gasteiger partial charge in [-0.2, -0.15) is 0 Å². The van der Waals surface area contributed by atoms with Gasteiger partial charge in [0, 0.05) is 17.6 Å². The summed E-state index contributed by atoms with van der Waals surface area (Å²) >= 11 is 7.08. The number of benzene rings is 1. The van der Waals surface area contributed by atoms with E-state index in [1.807, 2.05) is 6.07 Å². The van der Waals surface area contributed by atoms with Gasteiger partial charge < -0.3 is 9.47 Å². The molecule has 1 aliphatic heterocycles. The Labute approximate surface area is 131 Å². The summed E-state index contributed by atoms with van der Waals surface area (Å²) in [5, 5.41) is 0. The number of aryl methyl sites for hydroxylation is 1. The summed E-state index contributed by atoms with van der Waals surface area (Å²) in [7, 11) is 1.72. The molecule has 1 heterocycles. The van der Waals surface area contributed by atoms with Crippen molar-refractivity contribution < 1.29 is 9.47 Å². The summed E-state index contributed by atoms with van der Waals surface area (Å²) < 4.78 is 12.9.